The number of fused-ring (bicyclic) bond motifs is 4. The lowest BCUT2D eigenvalue weighted by molar-refractivity contribution is 1.09. The molecular weight excluding hydrogens is 498 g/mol. The van der Waals surface area contributed by atoms with Gasteiger partial charge in [0.15, 0.2) is 0 Å². The van der Waals surface area contributed by atoms with Gasteiger partial charge in [-0.15, -0.1) is 0 Å². The van der Waals surface area contributed by atoms with E-state index in [1.807, 2.05) is 24.3 Å². The number of allylic oxidation sites excluding steroid dienone is 4. The van der Waals surface area contributed by atoms with Crippen molar-refractivity contribution in [2.45, 2.75) is 13.3 Å². The number of nitrogens with zero attached hydrogens (tertiary/aromatic N) is 2. The maximum absolute atomic E-state index is 4.56. The Balaban J connectivity index is 1.42. The van der Waals surface area contributed by atoms with Gasteiger partial charge >= 0.3 is 0 Å². The molecule has 0 radical (unpaired) electrons. The largest absolute Gasteiger partial charge is 0.356 e. The van der Waals surface area contributed by atoms with Crippen molar-refractivity contribution >= 4 is 50.2 Å². The molecule has 4 aromatic carbocycles. The summed E-state index contributed by atoms with van der Waals surface area (Å²) in [5.41, 5.74) is 11.0. The van der Waals surface area contributed by atoms with Gasteiger partial charge in [0.1, 0.15) is 0 Å². The predicted octanol–water partition coefficient (Wildman–Crippen LogP) is 10.1. The van der Waals surface area contributed by atoms with Crippen molar-refractivity contribution in [2.75, 3.05) is 5.32 Å². The molecule has 6 rings (SSSR count). The molecule has 0 bridgehead atoms. The van der Waals surface area contributed by atoms with Crippen LogP contribution in [0, 0.1) is 6.92 Å². The summed E-state index contributed by atoms with van der Waals surface area (Å²) >= 11 is 0. The van der Waals surface area contributed by atoms with Gasteiger partial charge in [0.2, 0.25) is 0 Å². The molecule has 0 aliphatic rings. The molecule has 3 nitrogen and oxygen atoms in total. The Bertz CT molecular complexity index is 2030. The molecule has 0 amide bonds. The van der Waals surface area contributed by atoms with E-state index in [0.717, 1.165) is 39.5 Å². The van der Waals surface area contributed by atoms with Gasteiger partial charge in [-0.1, -0.05) is 87.0 Å². The third-order valence-electron chi connectivity index (χ3n) is 7.67. The van der Waals surface area contributed by atoms with Gasteiger partial charge in [-0.05, 0) is 72.7 Å². The summed E-state index contributed by atoms with van der Waals surface area (Å²) in [6.07, 6.45) is 8.18. The fraction of sp³-hybridized carbons (Fsp3) is 0.0526. The summed E-state index contributed by atoms with van der Waals surface area (Å²) in [6, 6.07) is 32.3. The molecular formula is C38H33N3. The van der Waals surface area contributed by atoms with Gasteiger partial charge in [-0.2, -0.15) is 0 Å². The monoisotopic (exact) mass is 531 g/mol. The van der Waals surface area contributed by atoms with E-state index in [2.05, 4.69) is 133 Å². The van der Waals surface area contributed by atoms with Crippen LogP contribution in [0.5, 0.6) is 0 Å². The van der Waals surface area contributed by atoms with Crippen molar-refractivity contribution in [1.29, 1.82) is 0 Å². The van der Waals surface area contributed by atoms with E-state index in [1.54, 1.807) is 6.08 Å². The molecule has 2 aromatic heterocycles. The Kier molecular flexibility index (Phi) is 6.78. The first-order valence-electron chi connectivity index (χ1n) is 13.8. The third kappa shape index (κ3) is 4.62. The molecule has 0 spiro atoms. The summed E-state index contributed by atoms with van der Waals surface area (Å²) in [7, 11) is 0. The van der Waals surface area contributed by atoms with E-state index in [4.69, 9.17) is 0 Å². The molecule has 0 unspecified atom stereocenters. The number of hydrogen-bond acceptors (Lipinski definition) is 1. The normalized spacial score (nSPS) is 11.4. The summed E-state index contributed by atoms with van der Waals surface area (Å²) in [4.78, 5) is 0. The van der Waals surface area contributed by atoms with E-state index < -0.39 is 0 Å². The fourth-order valence-corrected chi connectivity index (χ4v) is 5.87. The zero-order valence-corrected chi connectivity index (χ0v) is 23.4. The van der Waals surface area contributed by atoms with Gasteiger partial charge in [0.05, 0.1) is 16.6 Å². The molecule has 41 heavy (non-hydrogen) atoms. The number of para-hydroxylation sites is 2. The first-order valence-corrected chi connectivity index (χ1v) is 13.8. The van der Waals surface area contributed by atoms with Crippen LogP contribution >= 0.6 is 0 Å². The number of rotatable bonds is 9. The molecule has 0 atom stereocenters. The molecule has 1 N–H and O–H groups in total. The second-order valence-electron chi connectivity index (χ2n) is 10.3. The number of nitrogens with one attached hydrogen (secondary N) is 1. The van der Waals surface area contributed by atoms with Gasteiger partial charge < -0.3 is 14.5 Å². The van der Waals surface area contributed by atoms with Crippen molar-refractivity contribution in [1.82, 2.24) is 9.13 Å². The molecule has 3 heteroatoms. The molecule has 0 saturated carbocycles. The van der Waals surface area contributed by atoms with Crippen LogP contribution in [0.3, 0.4) is 0 Å². The number of aryl methyl sites for hydroxylation is 1. The lowest BCUT2D eigenvalue weighted by atomic mass is 10.1. The third-order valence-corrected chi connectivity index (χ3v) is 7.67. The predicted molar refractivity (Wildman–Crippen MR) is 179 cm³/mol. The Morgan fingerprint density at radius 1 is 0.780 bits per heavy atom. The minimum absolute atomic E-state index is 0.710. The summed E-state index contributed by atoms with van der Waals surface area (Å²) < 4.78 is 4.61. The number of aromatic nitrogens is 2. The van der Waals surface area contributed by atoms with Gasteiger partial charge in [-0.3, -0.25) is 0 Å². The topological polar surface area (TPSA) is 21.9 Å². The van der Waals surface area contributed by atoms with Crippen molar-refractivity contribution in [2.24, 2.45) is 0 Å². The molecule has 0 saturated heterocycles. The molecule has 200 valence electrons. The smallest absolute Gasteiger partial charge is 0.0539 e. The highest BCUT2D eigenvalue weighted by Gasteiger charge is 2.17. The van der Waals surface area contributed by atoms with Crippen LogP contribution in [0.1, 0.15) is 16.8 Å². The number of hydrogen-bond donors (Lipinski definition) is 1. The van der Waals surface area contributed by atoms with Crippen LogP contribution in [0.4, 0.5) is 5.69 Å². The summed E-state index contributed by atoms with van der Waals surface area (Å²) in [5.74, 6) is 0. The maximum Gasteiger partial charge on any atom is 0.0539 e. The highest BCUT2D eigenvalue weighted by Crippen LogP contribution is 2.36. The lowest BCUT2D eigenvalue weighted by Gasteiger charge is -2.14. The van der Waals surface area contributed by atoms with Crippen LogP contribution in [0.25, 0.3) is 50.2 Å². The molecule has 0 aliphatic carbocycles. The SMILES string of the molecule is C=C/C=C\C(=C)Nc1cccc(CC(=C)n2c3ccccc3c3cc(-n4c(C=C)c(C)c5ccccc54)ccc32)c1. The average Bonchev–Trinajstić information content (AvgIpc) is 3.47. The van der Waals surface area contributed by atoms with Crippen LogP contribution in [0.15, 0.2) is 141 Å². The fourth-order valence-electron chi connectivity index (χ4n) is 5.87. The van der Waals surface area contributed by atoms with Gasteiger partial charge in [0.25, 0.3) is 0 Å². The Morgan fingerprint density at radius 3 is 2.29 bits per heavy atom. The van der Waals surface area contributed by atoms with Crippen LogP contribution < -0.4 is 5.32 Å². The highest BCUT2D eigenvalue weighted by molar-refractivity contribution is 6.10. The Morgan fingerprint density at radius 2 is 1.51 bits per heavy atom. The van der Waals surface area contributed by atoms with Gasteiger partial charge in [0, 0.05) is 51.0 Å². The Labute approximate surface area is 241 Å². The van der Waals surface area contributed by atoms with E-state index >= 15 is 0 Å². The minimum atomic E-state index is 0.710. The number of benzene rings is 4. The average molecular weight is 532 g/mol. The first kappa shape index (κ1) is 26.0. The summed E-state index contributed by atoms with van der Waals surface area (Å²) in [6.45, 7) is 18.7. The van der Waals surface area contributed by atoms with Crippen LogP contribution in [-0.2, 0) is 6.42 Å². The van der Waals surface area contributed by atoms with Crippen molar-refractivity contribution in [3.05, 3.63) is 158 Å². The zero-order valence-electron chi connectivity index (χ0n) is 23.4. The first-order chi connectivity index (χ1) is 20.0. The standard InChI is InChI=1S/C38H33N3/c1-6-8-14-26(3)39-30-16-13-15-29(24-30)23-27(4)40-37-20-12-10-18-33(37)34-25-31(21-22-38(34)40)41-35(7-2)28(5)32-17-9-11-19-36(32)41/h6-22,24-25,39H,1-4,23H2,5H3/b14-8-. The maximum atomic E-state index is 4.56. The van der Waals surface area contributed by atoms with E-state index in [0.29, 0.717) is 6.42 Å². The molecule has 0 fully saturated rings. The van der Waals surface area contributed by atoms with Crippen molar-refractivity contribution < 1.29 is 0 Å². The number of anilines is 1. The Hall–Kier alpha value is -5.28. The second-order valence-corrected chi connectivity index (χ2v) is 10.3. The van der Waals surface area contributed by atoms with E-state index in [-0.39, 0.29) is 0 Å². The quantitative estimate of drug-likeness (QED) is 0.184. The van der Waals surface area contributed by atoms with Crippen LogP contribution in [-0.4, -0.2) is 9.13 Å². The zero-order chi connectivity index (χ0) is 28.5. The molecule has 6 aromatic rings. The molecule has 2 heterocycles. The van der Waals surface area contributed by atoms with Crippen molar-refractivity contribution in [3.63, 3.8) is 0 Å². The highest BCUT2D eigenvalue weighted by atomic mass is 15.0. The van der Waals surface area contributed by atoms with Gasteiger partial charge in [-0.25, -0.2) is 0 Å². The van der Waals surface area contributed by atoms with Crippen LogP contribution in [0.2, 0.25) is 0 Å². The van der Waals surface area contributed by atoms with E-state index in [9.17, 15) is 0 Å². The molecule has 0 aliphatic heterocycles. The minimum Gasteiger partial charge on any atom is -0.356 e. The van der Waals surface area contributed by atoms with E-state index in [1.165, 1.54) is 32.8 Å². The summed E-state index contributed by atoms with van der Waals surface area (Å²) in [5, 5.41) is 7.01. The second kappa shape index (κ2) is 10.7. The lowest BCUT2D eigenvalue weighted by Crippen LogP contribution is -2.01. The van der Waals surface area contributed by atoms with Crippen molar-refractivity contribution in [3.8, 4) is 5.69 Å².